The number of benzene rings is 3. The van der Waals surface area contributed by atoms with Gasteiger partial charge in [0.1, 0.15) is 11.5 Å². The maximum absolute atomic E-state index is 13.3. The standard InChI is InChI=1S/C32H32F3NO6/c1-20-28(36-30(42-20)23-14-13-21-7-2-3-8-22(21)15-23)18-39-25-10-6-11-26(16-25)40-19-29(31(37)38)41-17-24-9-4-5-12-27(24)32(33,34)35/h2-5,7-9,12-15,25-26,29H,6,10-11,16-19H2,1H3,(H,37,38)/t25-,26+,29+/m0/s1. The zero-order valence-electron chi connectivity index (χ0n) is 23.1. The highest BCUT2D eigenvalue weighted by molar-refractivity contribution is 5.86. The minimum absolute atomic E-state index is 0.119. The molecule has 1 saturated carbocycles. The topological polar surface area (TPSA) is 91.0 Å². The van der Waals surface area contributed by atoms with Gasteiger partial charge >= 0.3 is 12.1 Å². The van der Waals surface area contributed by atoms with E-state index >= 15 is 0 Å². The van der Waals surface area contributed by atoms with Gasteiger partial charge in [0.05, 0.1) is 37.6 Å². The van der Waals surface area contributed by atoms with Gasteiger partial charge in [0.2, 0.25) is 5.89 Å². The van der Waals surface area contributed by atoms with Gasteiger partial charge in [-0.1, -0.05) is 48.5 Å². The van der Waals surface area contributed by atoms with Crippen molar-refractivity contribution >= 4 is 16.7 Å². The van der Waals surface area contributed by atoms with E-state index in [-0.39, 0.29) is 31.0 Å². The molecule has 0 spiro atoms. The van der Waals surface area contributed by atoms with Gasteiger partial charge in [-0.15, -0.1) is 0 Å². The quantitative estimate of drug-likeness (QED) is 0.198. The maximum Gasteiger partial charge on any atom is 0.416 e. The third-order valence-electron chi connectivity index (χ3n) is 7.44. The molecular weight excluding hydrogens is 551 g/mol. The highest BCUT2D eigenvalue weighted by Crippen LogP contribution is 2.32. The fourth-order valence-corrected chi connectivity index (χ4v) is 5.14. The van der Waals surface area contributed by atoms with E-state index in [0.717, 1.165) is 41.7 Å². The van der Waals surface area contributed by atoms with E-state index in [1.54, 1.807) is 0 Å². The summed E-state index contributed by atoms with van der Waals surface area (Å²) in [5, 5.41) is 11.8. The molecule has 222 valence electrons. The first kappa shape index (κ1) is 29.8. The molecule has 0 unspecified atom stereocenters. The van der Waals surface area contributed by atoms with Crippen LogP contribution in [0.5, 0.6) is 0 Å². The summed E-state index contributed by atoms with van der Waals surface area (Å²) in [6, 6.07) is 19.1. The minimum atomic E-state index is -4.56. The first-order valence-electron chi connectivity index (χ1n) is 13.9. The minimum Gasteiger partial charge on any atom is -0.479 e. The van der Waals surface area contributed by atoms with Crippen molar-refractivity contribution in [2.75, 3.05) is 6.61 Å². The van der Waals surface area contributed by atoms with Crippen molar-refractivity contribution in [3.63, 3.8) is 0 Å². The smallest absolute Gasteiger partial charge is 0.416 e. The largest absolute Gasteiger partial charge is 0.479 e. The number of rotatable bonds is 11. The monoisotopic (exact) mass is 583 g/mol. The Morgan fingerprint density at radius 3 is 2.48 bits per heavy atom. The van der Waals surface area contributed by atoms with Gasteiger partial charge in [0, 0.05) is 5.56 Å². The number of hydrogen-bond acceptors (Lipinski definition) is 6. The Hall–Kier alpha value is -3.73. The van der Waals surface area contributed by atoms with Gasteiger partial charge < -0.3 is 23.7 Å². The van der Waals surface area contributed by atoms with Crippen molar-refractivity contribution in [2.45, 2.75) is 70.3 Å². The van der Waals surface area contributed by atoms with E-state index in [2.05, 4.69) is 4.98 Å². The van der Waals surface area contributed by atoms with Crippen LogP contribution in [0.2, 0.25) is 0 Å². The third kappa shape index (κ3) is 7.36. The summed E-state index contributed by atoms with van der Waals surface area (Å²) in [4.78, 5) is 16.4. The van der Waals surface area contributed by atoms with Crippen LogP contribution < -0.4 is 0 Å². The number of alkyl halides is 3. The highest BCUT2D eigenvalue weighted by Gasteiger charge is 2.33. The summed E-state index contributed by atoms with van der Waals surface area (Å²) in [6.45, 7) is 1.34. The average molecular weight is 584 g/mol. The number of aliphatic carboxylic acids is 1. The number of oxazole rings is 1. The molecule has 1 N–H and O–H groups in total. The molecule has 0 amide bonds. The number of carboxylic acids is 1. The Morgan fingerprint density at radius 2 is 1.71 bits per heavy atom. The number of carboxylic acid groups (broad SMARTS) is 1. The predicted octanol–water partition coefficient (Wildman–Crippen LogP) is 7.34. The molecule has 0 saturated heterocycles. The van der Waals surface area contributed by atoms with Crippen LogP contribution in [-0.2, 0) is 38.4 Å². The molecular formula is C32H32F3NO6. The zero-order valence-corrected chi connectivity index (χ0v) is 23.1. The molecule has 1 fully saturated rings. The number of fused-ring (bicyclic) bond motifs is 1. The molecule has 0 radical (unpaired) electrons. The lowest BCUT2D eigenvalue weighted by molar-refractivity contribution is -0.159. The predicted molar refractivity (Wildman–Crippen MR) is 149 cm³/mol. The number of hydrogen-bond donors (Lipinski definition) is 1. The number of nitrogens with zero attached hydrogens (tertiary/aromatic N) is 1. The first-order chi connectivity index (χ1) is 20.2. The second-order valence-corrected chi connectivity index (χ2v) is 10.4. The fraction of sp³-hybridized carbons (Fsp3) is 0.375. The van der Waals surface area contributed by atoms with Crippen molar-refractivity contribution in [3.8, 4) is 11.5 Å². The van der Waals surface area contributed by atoms with E-state index in [1.807, 2.05) is 49.4 Å². The SMILES string of the molecule is Cc1oc(-c2ccc3ccccc3c2)nc1CO[C@H]1CCC[C@@H](OC[C@@H](OCc2ccccc2C(F)(F)F)C(=O)O)C1. The molecule has 1 aliphatic carbocycles. The molecule has 1 aromatic heterocycles. The Morgan fingerprint density at radius 1 is 1.00 bits per heavy atom. The molecule has 4 aromatic rings. The van der Waals surface area contributed by atoms with Crippen molar-refractivity contribution in [1.82, 2.24) is 4.98 Å². The number of halogens is 3. The number of ether oxygens (including phenoxy) is 3. The summed E-state index contributed by atoms with van der Waals surface area (Å²) >= 11 is 0. The van der Waals surface area contributed by atoms with Crippen molar-refractivity contribution in [1.29, 1.82) is 0 Å². The third-order valence-corrected chi connectivity index (χ3v) is 7.44. The van der Waals surface area contributed by atoms with Crippen molar-refractivity contribution < 1.29 is 41.7 Å². The lowest BCUT2D eigenvalue weighted by Gasteiger charge is -2.30. The van der Waals surface area contributed by atoms with Gasteiger partial charge in [0.25, 0.3) is 0 Å². The van der Waals surface area contributed by atoms with Crippen molar-refractivity contribution in [3.05, 3.63) is 89.3 Å². The summed E-state index contributed by atoms with van der Waals surface area (Å²) in [6.07, 6.45) is -3.42. The molecule has 3 aromatic carbocycles. The van der Waals surface area contributed by atoms with Crippen LogP contribution in [0, 0.1) is 6.92 Å². The molecule has 3 atom stereocenters. The van der Waals surface area contributed by atoms with Gasteiger partial charge in [0.15, 0.2) is 6.10 Å². The number of aryl methyl sites for hydroxylation is 1. The Kier molecular flexibility index (Phi) is 9.25. The zero-order chi connectivity index (χ0) is 29.7. The summed E-state index contributed by atoms with van der Waals surface area (Å²) in [7, 11) is 0. The van der Waals surface area contributed by atoms with E-state index in [9.17, 15) is 23.1 Å². The van der Waals surface area contributed by atoms with Crippen LogP contribution in [0.4, 0.5) is 13.2 Å². The lowest BCUT2D eigenvalue weighted by Crippen LogP contribution is -2.34. The molecule has 1 aliphatic rings. The Bertz CT molecular complexity index is 1520. The Labute approximate surface area is 241 Å². The van der Waals surface area contributed by atoms with Crippen LogP contribution in [0.15, 0.2) is 71.1 Å². The average Bonchev–Trinajstić information content (AvgIpc) is 3.35. The van der Waals surface area contributed by atoms with Gasteiger partial charge in [-0.05, 0) is 67.1 Å². The maximum atomic E-state index is 13.3. The van der Waals surface area contributed by atoms with E-state index in [0.29, 0.717) is 23.8 Å². The van der Waals surface area contributed by atoms with Gasteiger partial charge in [-0.2, -0.15) is 13.2 Å². The molecule has 0 bridgehead atoms. The highest BCUT2D eigenvalue weighted by atomic mass is 19.4. The van der Waals surface area contributed by atoms with Crippen LogP contribution in [0.3, 0.4) is 0 Å². The molecule has 10 heteroatoms. The second-order valence-electron chi connectivity index (χ2n) is 10.4. The molecule has 5 rings (SSSR count). The summed E-state index contributed by atoms with van der Waals surface area (Å²) in [5.74, 6) is -0.0959. The van der Waals surface area contributed by atoms with E-state index in [1.165, 1.54) is 18.2 Å². The molecule has 1 heterocycles. The van der Waals surface area contributed by atoms with Gasteiger partial charge in [-0.25, -0.2) is 9.78 Å². The number of carbonyl (C=O) groups is 1. The van der Waals surface area contributed by atoms with Crippen LogP contribution in [0.1, 0.15) is 48.3 Å². The molecule has 7 nitrogen and oxygen atoms in total. The van der Waals surface area contributed by atoms with Crippen LogP contribution in [0.25, 0.3) is 22.2 Å². The van der Waals surface area contributed by atoms with E-state index in [4.69, 9.17) is 18.6 Å². The van der Waals surface area contributed by atoms with Crippen LogP contribution in [-0.4, -0.2) is 41.0 Å². The lowest BCUT2D eigenvalue weighted by atomic mass is 9.95. The molecule has 0 aliphatic heterocycles. The fourth-order valence-electron chi connectivity index (χ4n) is 5.14. The number of aromatic nitrogens is 1. The second kappa shape index (κ2) is 13.1. The molecule has 42 heavy (non-hydrogen) atoms. The Balaban J connectivity index is 1.13. The van der Waals surface area contributed by atoms with Gasteiger partial charge in [-0.3, -0.25) is 0 Å². The summed E-state index contributed by atoms with van der Waals surface area (Å²) in [5.41, 5.74) is 0.606. The normalized spacial score (nSPS) is 18.3. The first-order valence-corrected chi connectivity index (χ1v) is 13.9. The summed E-state index contributed by atoms with van der Waals surface area (Å²) < 4.78 is 63.1. The van der Waals surface area contributed by atoms with E-state index < -0.39 is 30.4 Å². The van der Waals surface area contributed by atoms with Crippen LogP contribution >= 0.6 is 0 Å². The van der Waals surface area contributed by atoms with Crippen molar-refractivity contribution in [2.24, 2.45) is 0 Å².